The molecule has 1 fully saturated rings. The second-order valence-electron chi connectivity index (χ2n) is 5.85. The molecule has 3 aromatic rings. The molecule has 2 aromatic heterocycles. The summed E-state index contributed by atoms with van der Waals surface area (Å²) in [6, 6.07) is 5.94. The van der Waals surface area contributed by atoms with Crippen LogP contribution >= 0.6 is 0 Å². The Bertz CT molecular complexity index is 899. The van der Waals surface area contributed by atoms with Crippen LogP contribution in [0.2, 0.25) is 0 Å². The van der Waals surface area contributed by atoms with Crippen LogP contribution < -0.4 is 5.32 Å². The van der Waals surface area contributed by atoms with E-state index in [1.807, 2.05) is 36.0 Å². The largest absolute Gasteiger partial charge is 0.368 e. The standard InChI is InChI=1S/C17H17N5O2/c1-22-10-18-9-14(22)11-4-5-12-8-19-17(20-13(12)7-11)21-16(23)15-3-2-6-24-15/h4-5,7-10,15H,2-3,6H2,1H3,(H,19,20,21,23)/t15-/m1/s1. The number of amides is 1. The Hall–Kier alpha value is -2.80. The second kappa shape index (κ2) is 6.01. The number of imidazole rings is 1. The van der Waals surface area contributed by atoms with E-state index < -0.39 is 6.10 Å². The fourth-order valence-electron chi connectivity index (χ4n) is 2.85. The van der Waals surface area contributed by atoms with Gasteiger partial charge in [-0.3, -0.25) is 10.1 Å². The molecule has 0 radical (unpaired) electrons. The van der Waals surface area contributed by atoms with Crippen LogP contribution in [0.3, 0.4) is 0 Å². The number of aromatic nitrogens is 4. The van der Waals surface area contributed by atoms with Crippen molar-refractivity contribution in [3.63, 3.8) is 0 Å². The summed E-state index contributed by atoms with van der Waals surface area (Å²) in [5, 5.41) is 3.65. The van der Waals surface area contributed by atoms with Gasteiger partial charge >= 0.3 is 0 Å². The molecule has 1 atom stereocenters. The van der Waals surface area contributed by atoms with E-state index in [0.717, 1.165) is 35.0 Å². The van der Waals surface area contributed by atoms with Crippen LogP contribution in [-0.2, 0) is 16.6 Å². The number of rotatable bonds is 3. The molecule has 1 saturated heterocycles. The first-order valence-electron chi connectivity index (χ1n) is 7.87. The Morgan fingerprint density at radius 1 is 1.38 bits per heavy atom. The molecule has 1 aromatic carbocycles. The van der Waals surface area contributed by atoms with E-state index in [1.165, 1.54) is 0 Å². The van der Waals surface area contributed by atoms with E-state index in [4.69, 9.17) is 4.74 Å². The molecule has 122 valence electrons. The normalized spacial score (nSPS) is 17.3. The zero-order chi connectivity index (χ0) is 16.5. The number of carbonyl (C=O) groups is 1. The summed E-state index contributed by atoms with van der Waals surface area (Å²) in [6.07, 6.45) is 6.52. The number of benzene rings is 1. The van der Waals surface area contributed by atoms with Crippen molar-refractivity contribution < 1.29 is 9.53 Å². The van der Waals surface area contributed by atoms with E-state index in [2.05, 4.69) is 20.3 Å². The SMILES string of the molecule is Cn1cncc1-c1ccc2cnc(NC(=O)[C@H]3CCCO3)nc2c1. The minimum Gasteiger partial charge on any atom is -0.368 e. The predicted molar refractivity (Wildman–Crippen MR) is 89.3 cm³/mol. The molecule has 0 unspecified atom stereocenters. The van der Waals surface area contributed by atoms with Crippen molar-refractivity contribution in [1.29, 1.82) is 0 Å². The van der Waals surface area contributed by atoms with Crippen molar-refractivity contribution in [3.8, 4) is 11.3 Å². The van der Waals surface area contributed by atoms with Gasteiger partial charge in [-0.2, -0.15) is 0 Å². The molecule has 1 amide bonds. The Morgan fingerprint density at radius 2 is 2.29 bits per heavy atom. The topological polar surface area (TPSA) is 81.9 Å². The number of nitrogens with zero attached hydrogens (tertiary/aromatic N) is 4. The second-order valence-corrected chi connectivity index (χ2v) is 5.85. The summed E-state index contributed by atoms with van der Waals surface area (Å²) < 4.78 is 7.33. The molecule has 1 aliphatic rings. The fraction of sp³-hybridized carbons (Fsp3) is 0.294. The van der Waals surface area contributed by atoms with Crippen LogP contribution in [-0.4, -0.2) is 38.1 Å². The highest BCUT2D eigenvalue weighted by Gasteiger charge is 2.24. The van der Waals surface area contributed by atoms with Gasteiger partial charge in [0.15, 0.2) is 0 Å². The predicted octanol–water partition coefficient (Wildman–Crippen LogP) is 2.15. The Kier molecular flexibility index (Phi) is 3.70. The molecule has 4 rings (SSSR count). The van der Waals surface area contributed by atoms with Crippen molar-refractivity contribution in [1.82, 2.24) is 19.5 Å². The molecule has 1 aliphatic heterocycles. The van der Waals surface area contributed by atoms with Crippen LogP contribution in [0.4, 0.5) is 5.95 Å². The van der Waals surface area contributed by atoms with Gasteiger partial charge in [-0.25, -0.2) is 15.0 Å². The number of carbonyl (C=O) groups excluding carboxylic acids is 1. The maximum Gasteiger partial charge on any atom is 0.255 e. The van der Waals surface area contributed by atoms with E-state index >= 15 is 0 Å². The van der Waals surface area contributed by atoms with Gasteiger partial charge in [0, 0.05) is 30.8 Å². The zero-order valence-corrected chi connectivity index (χ0v) is 13.3. The van der Waals surface area contributed by atoms with Crippen LogP contribution in [0.15, 0.2) is 36.9 Å². The van der Waals surface area contributed by atoms with Crippen LogP contribution in [0.25, 0.3) is 22.2 Å². The van der Waals surface area contributed by atoms with E-state index in [9.17, 15) is 4.79 Å². The lowest BCUT2D eigenvalue weighted by Gasteiger charge is -2.10. The highest BCUT2D eigenvalue weighted by molar-refractivity contribution is 5.94. The van der Waals surface area contributed by atoms with Crippen molar-refractivity contribution >= 4 is 22.8 Å². The summed E-state index contributed by atoms with van der Waals surface area (Å²) >= 11 is 0. The van der Waals surface area contributed by atoms with Gasteiger partial charge in [0.1, 0.15) is 6.10 Å². The molecule has 7 heteroatoms. The molecule has 7 nitrogen and oxygen atoms in total. The zero-order valence-electron chi connectivity index (χ0n) is 13.3. The van der Waals surface area contributed by atoms with Crippen LogP contribution in [0.1, 0.15) is 12.8 Å². The third-order valence-corrected chi connectivity index (χ3v) is 4.15. The Balaban J connectivity index is 1.64. The lowest BCUT2D eigenvalue weighted by atomic mass is 10.1. The Morgan fingerprint density at radius 3 is 3.04 bits per heavy atom. The summed E-state index contributed by atoms with van der Waals surface area (Å²) in [5.74, 6) is 0.111. The molecule has 0 aliphatic carbocycles. The smallest absolute Gasteiger partial charge is 0.255 e. The van der Waals surface area contributed by atoms with Crippen molar-refractivity contribution in [3.05, 3.63) is 36.9 Å². The van der Waals surface area contributed by atoms with Crippen molar-refractivity contribution in [2.45, 2.75) is 18.9 Å². The highest BCUT2D eigenvalue weighted by atomic mass is 16.5. The summed E-state index contributed by atoms with van der Waals surface area (Å²) in [7, 11) is 1.94. The summed E-state index contributed by atoms with van der Waals surface area (Å²) in [6.45, 7) is 0.630. The van der Waals surface area contributed by atoms with Gasteiger partial charge < -0.3 is 9.30 Å². The van der Waals surface area contributed by atoms with E-state index in [-0.39, 0.29) is 5.91 Å². The lowest BCUT2D eigenvalue weighted by Crippen LogP contribution is -2.27. The molecule has 0 bridgehead atoms. The highest BCUT2D eigenvalue weighted by Crippen LogP contribution is 2.23. The fourth-order valence-corrected chi connectivity index (χ4v) is 2.85. The number of anilines is 1. The molecular weight excluding hydrogens is 306 g/mol. The maximum absolute atomic E-state index is 12.1. The van der Waals surface area contributed by atoms with Crippen molar-refractivity contribution in [2.75, 3.05) is 11.9 Å². The van der Waals surface area contributed by atoms with Gasteiger partial charge in [0.05, 0.1) is 23.7 Å². The first-order valence-corrected chi connectivity index (χ1v) is 7.87. The molecule has 24 heavy (non-hydrogen) atoms. The molecular formula is C17H17N5O2. The minimum atomic E-state index is -0.398. The van der Waals surface area contributed by atoms with E-state index in [0.29, 0.717) is 12.6 Å². The van der Waals surface area contributed by atoms with Gasteiger partial charge in [0.25, 0.3) is 5.91 Å². The lowest BCUT2D eigenvalue weighted by molar-refractivity contribution is -0.124. The number of aryl methyl sites for hydroxylation is 1. The monoisotopic (exact) mass is 323 g/mol. The first-order chi connectivity index (χ1) is 11.7. The third-order valence-electron chi connectivity index (χ3n) is 4.15. The van der Waals surface area contributed by atoms with Crippen LogP contribution in [0, 0.1) is 0 Å². The molecule has 0 saturated carbocycles. The summed E-state index contributed by atoms with van der Waals surface area (Å²) in [4.78, 5) is 24.9. The van der Waals surface area contributed by atoms with Gasteiger partial charge in [-0.05, 0) is 18.9 Å². The quantitative estimate of drug-likeness (QED) is 0.798. The van der Waals surface area contributed by atoms with Crippen LogP contribution in [0.5, 0.6) is 0 Å². The number of nitrogens with one attached hydrogen (secondary N) is 1. The van der Waals surface area contributed by atoms with E-state index in [1.54, 1.807) is 12.5 Å². The van der Waals surface area contributed by atoms with Gasteiger partial charge in [-0.15, -0.1) is 0 Å². The number of ether oxygens (including phenoxy) is 1. The van der Waals surface area contributed by atoms with Crippen molar-refractivity contribution in [2.24, 2.45) is 7.05 Å². The summed E-state index contributed by atoms with van der Waals surface area (Å²) in [5.41, 5.74) is 2.78. The molecule has 1 N–H and O–H groups in total. The number of hydrogen-bond acceptors (Lipinski definition) is 5. The minimum absolute atomic E-state index is 0.186. The van der Waals surface area contributed by atoms with Gasteiger partial charge in [0.2, 0.25) is 5.95 Å². The maximum atomic E-state index is 12.1. The number of hydrogen-bond donors (Lipinski definition) is 1. The van der Waals surface area contributed by atoms with Gasteiger partial charge in [-0.1, -0.05) is 12.1 Å². The molecule has 3 heterocycles. The Labute approximate surface area is 138 Å². The average molecular weight is 323 g/mol. The average Bonchev–Trinajstić information content (AvgIpc) is 3.25. The number of fused-ring (bicyclic) bond motifs is 1. The molecule has 0 spiro atoms. The first kappa shape index (κ1) is 14.8. The third kappa shape index (κ3) is 2.74.